The van der Waals surface area contributed by atoms with Gasteiger partial charge in [-0.05, 0) is 37.7 Å². The zero-order valence-electron chi connectivity index (χ0n) is 16.6. The van der Waals surface area contributed by atoms with Crippen LogP contribution in [-0.4, -0.2) is 36.5 Å². The summed E-state index contributed by atoms with van der Waals surface area (Å²) in [7, 11) is 1.61. The first kappa shape index (κ1) is 19.4. The van der Waals surface area contributed by atoms with Gasteiger partial charge in [0.2, 0.25) is 0 Å². The summed E-state index contributed by atoms with van der Waals surface area (Å²) in [5.41, 5.74) is 0.846. The highest BCUT2D eigenvalue weighted by molar-refractivity contribution is 5.72. The molecule has 8 nitrogen and oxygen atoms in total. The van der Waals surface area contributed by atoms with Gasteiger partial charge in [-0.1, -0.05) is 30.3 Å². The van der Waals surface area contributed by atoms with Crippen molar-refractivity contribution >= 4 is 11.2 Å². The number of ether oxygens (including phenoxy) is 1. The molecule has 3 aromatic rings. The summed E-state index contributed by atoms with van der Waals surface area (Å²) in [5.74, 6) is 0. The van der Waals surface area contributed by atoms with Crippen LogP contribution in [0.15, 0.2) is 39.9 Å². The Morgan fingerprint density at radius 2 is 1.86 bits per heavy atom. The molecule has 29 heavy (non-hydrogen) atoms. The van der Waals surface area contributed by atoms with Gasteiger partial charge in [0.1, 0.15) is 6.10 Å². The first-order valence-electron chi connectivity index (χ1n) is 10.1. The molecule has 0 unspecified atom stereocenters. The van der Waals surface area contributed by atoms with E-state index in [-0.39, 0.29) is 19.3 Å². The van der Waals surface area contributed by atoms with E-state index in [0.29, 0.717) is 30.1 Å². The number of nitrogens with zero attached hydrogens (tertiary/aromatic N) is 4. The molecule has 0 bridgehead atoms. The van der Waals surface area contributed by atoms with Crippen molar-refractivity contribution in [2.24, 2.45) is 7.05 Å². The number of fused-ring (bicyclic) bond motifs is 1. The lowest BCUT2D eigenvalue weighted by Gasteiger charge is -2.14. The molecule has 0 aliphatic heterocycles. The van der Waals surface area contributed by atoms with Crippen molar-refractivity contribution in [3.05, 3.63) is 56.7 Å². The SMILES string of the molecule is Cn1c(=O)n(CCCO)c(=O)c2c1nc(OC1CCCC1)n2Cc1ccccc1. The summed E-state index contributed by atoms with van der Waals surface area (Å²) < 4.78 is 10.5. The minimum Gasteiger partial charge on any atom is -0.461 e. The van der Waals surface area contributed by atoms with Crippen LogP contribution in [0, 0.1) is 0 Å². The normalized spacial score (nSPS) is 14.7. The fraction of sp³-hybridized carbons (Fsp3) is 0.476. The largest absolute Gasteiger partial charge is 0.461 e. The maximum absolute atomic E-state index is 13.2. The molecule has 0 amide bonds. The maximum atomic E-state index is 13.2. The Kier molecular flexibility index (Phi) is 5.53. The van der Waals surface area contributed by atoms with Crippen molar-refractivity contribution in [2.75, 3.05) is 6.61 Å². The van der Waals surface area contributed by atoms with Crippen molar-refractivity contribution in [1.29, 1.82) is 0 Å². The molecule has 1 aromatic carbocycles. The zero-order valence-corrected chi connectivity index (χ0v) is 16.6. The van der Waals surface area contributed by atoms with Gasteiger partial charge >= 0.3 is 5.69 Å². The van der Waals surface area contributed by atoms with Crippen LogP contribution >= 0.6 is 0 Å². The Morgan fingerprint density at radius 1 is 1.14 bits per heavy atom. The smallest absolute Gasteiger partial charge is 0.332 e. The summed E-state index contributed by atoms with van der Waals surface area (Å²) in [4.78, 5) is 30.5. The third kappa shape index (κ3) is 3.72. The molecule has 1 saturated carbocycles. The highest BCUT2D eigenvalue weighted by Crippen LogP contribution is 2.26. The first-order valence-corrected chi connectivity index (χ1v) is 10.1. The lowest BCUT2D eigenvalue weighted by atomic mass is 10.2. The van der Waals surface area contributed by atoms with Crippen LogP contribution in [0.4, 0.5) is 0 Å². The van der Waals surface area contributed by atoms with E-state index >= 15 is 0 Å². The van der Waals surface area contributed by atoms with Crippen molar-refractivity contribution in [1.82, 2.24) is 18.7 Å². The van der Waals surface area contributed by atoms with Crippen LogP contribution in [0.2, 0.25) is 0 Å². The van der Waals surface area contributed by atoms with Gasteiger partial charge in [0.25, 0.3) is 11.6 Å². The van der Waals surface area contributed by atoms with Gasteiger partial charge in [0.05, 0.1) is 6.54 Å². The summed E-state index contributed by atoms with van der Waals surface area (Å²) in [6, 6.07) is 10.2. The Hall–Kier alpha value is -2.87. The molecule has 1 aliphatic carbocycles. The third-order valence-corrected chi connectivity index (χ3v) is 5.50. The van der Waals surface area contributed by atoms with E-state index < -0.39 is 11.2 Å². The molecular formula is C21H26N4O4. The average molecular weight is 398 g/mol. The number of aliphatic hydroxyl groups excluding tert-OH is 1. The van der Waals surface area contributed by atoms with Crippen molar-refractivity contribution in [3.8, 4) is 6.01 Å². The summed E-state index contributed by atoms with van der Waals surface area (Å²) >= 11 is 0. The molecule has 2 heterocycles. The molecule has 0 spiro atoms. The minimum absolute atomic E-state index is 0.0787. The predicted molar refractivity (Wildman–Crippen MR) is 109 cm³/mol. The standard InChI is InChI=1S/C21H26N4O4/c1-23-18-17(19(27)24(21(23)28)12-7-13-26)25(14-15-8-3-2-4-9-15)20(22-18)29-16-10-5-6-11-16/h2-4,8-9,16,26H,5-7,10-14H2,1H3. The highest BCUT2D eigenvalue weighted by atomic mass is 16.5. The van der Waals surface area contributed by atoms with Gasteiger partial charge in [-0.25, -0.2) is 4.79 Å². The lowest BCUT2D eigenvalue weighted by molar-refractivity contribution is 0.186. The van der Waals surface area contributed by atoms with Crippen LogP contribution in [0.5, 0.6) is 6.01 Å². The zero-order chi connectivity index (χ0) is 20.4. The van der Waals surface area contributed by atoms with E-state index in [4.69, 9.17) is 9.84 Å². The van der Waals surface area contributed by atoms with E-state index in [1.54, 1.807) is 11.6 Å². The van der Waals surface area contributed by atoms with Crippen molar-refractivity contribution in [2.45, 2.75) is 51.3 Å². The van der Waals surface area contributed by atoms with Gasteiger partial charge in [0.15, 0.2) is 11.2 Å². The molecular weight excluding hydrogens is 372 g/mol. The Bertz CT molecular complexity index is 1110. The quantitative estimate of drug-likeness (QED) is 0.653. The van der Waals surface area contributed by atoms with Crippen molar-refractivity contribution in [3.63, 3.8) is 0 Å². The molecule has 1 fully saturated rings. The van der Waals surface area contributed by atoms with Gasteiger partial charge in [-0.15, -0.1) is 0 Å². The fourth-order valence-electron chi connectivity index (χ4n) is 3.94. The minimum atomic E-state index is -0.437. The van der Waals surface area contributed by atoms with E-state index in [1.165, 1.54) is 9.13 Å². The van der Waals surface area contributed by atoms with E-state index in [9.17, 15) is 9.59 Å². The Balaban J connectivity index is 1.89. The van der Waals surface area contributed by atoms with Crippen LogP contribution in [-0.2, 0) is 20.1 Å². The van der Waals surface area contributed by atoms with Crippen LogP contribution in [0.1, 0.15) is 37.7 Å². The second-order valence-electron chi connectivity index (χ2n) is 7.54. The third-order valence-electron chi connectivity index (χ3n) is 5.50. The molecule has 0 atom stereocenters. The molecule has 1 aliphatic rings. The van der Waals surface area contributed by atoms with Crippen molar-refractivity contribution < 1.29 is 9.84 Å². The predicted octanol–water partition coefficient (Wildman–Crippen LogP) is 1.65. The molecule has 0 radical (unpaired) electrons. The summed E-state index contributed by atoms with van der Waals surface area (Å²) in [6.07, 6.45) is 4.59. The number of aryl methyl sites for hydroxylation is 1. The van der Waals surface area contributed by atoms with E-state index in [0.717, 1.165) is 31.2 Å². The molecule has 1 N–H and O–H groups in total. The van der Waals surface area contributed by atoms with E-state index in [2.05, 4.69) is 4.98 Å². The number of imidazole rings is 1. The van der Waals surface area contributed by atoms with Gasteiger partial charge in [-0.3, -0.25) is 18.5 Å². The van der Waals surface area contributed by atoms with E-state index in [1.807, 2.05) is 30.3 Å². The monoisotopic (exact) mass is 398 g/mol. The molecule has 2 aromatic heterocycles. The number of aliphatic hydroxyl groups is 1. The molecule has 0 saturated heterocycles. The van der Waals surface area contributed by atoms with Crippen LogP contribution in [0.3, 0.4) is 0 Å². The topological polar surface area (TPSA) is 91.3 Å². The highest BCUT2D eigenvalue weighted by Gasteiger charge is 2.24. The lowest BCUT2D eigenvalue weighted by Crippen LogP contribution is -2.39. The number of rotatable bonds is 7. The van der Waals surface area contributed by atoms with Gasteiger partial charge in [-0.2, -0.15) is 4.98 Å². The maximum Gasteiger partial charge on any atom is 0.332 e. The number of hydrogen-bond acceptors (Lipinski definition) is 5. The van der Waals surface area contributed by atoms with Crippen LogP contribution < -0.4 is 16.0 Å². The average Bonchev–Trinajstić information content (AvgIpc) is 3.36. The number of hydrogen-bond donors (Lipinski definition) is 1. The summed E-state index contributed by atoms with van der Waals surface area (Å²) in [6.45, 7) is 0.493. The Labute approximate surface area is 168 Å². The summed E-state index contributed by atoms with van der Waals surface area (Å²) in [5, 5.41) is 9.14. The van der Waals surface area contributed by atoms with Gasteiger partial charge < -0.3 is 9.84 Å². The molecule has 8 heteroatoms. The second kappa shape index (κ2) is 8.24. The number of aromatic nitrogens is 4. The second-order valence-corrected chi connectivity index (χ2v) is 7.54. The Morgan fingerprint density at radius 3 is 2.55 bits per heavy atom. The first-order chi connectivity index (χ1) is 14.1. The number of benzene rings is 1. The molecule has 154 valence electrons. The van der Waals surface area contributed by atoms with Crippen LogP contribution in [0.25, 0.3) is 11.2 Å². The molecule has 4 rings (SSSR count). The van der Waals surface area contributed by atoms with Gasteiger partial charge in [0, 0.05) is 20.2 Å². The fourth-order valence-corrected chi connectivity index (χ4v) is 3.94.